The molecular formula is C14H15N5O2. The Morgan fingerprint density at radius 2 is 1.90 bits per heavy atom. The number of primary amides is 1. The van der Waals surface area contributed by atoms with E-state index in [1.165, 1.54) is 23.4 Å². The number of anilines is 1. The highest BCUT2D eigenvalue weighted by Gasteiger charge is 2.19. The highest BCUT2D eigenvalue weighted by atomic mass is 16.2. The molecule has 0 saturated carbocycles. The lowest BCUT2D eigenvalue weighted by Crippen LogP contribution is -2.38. The molecule has 4 N–H and O–H groups in total. The minimum absolute atomic E-state index is 0.191. The zero-order valence-corrected chi connectivity index (χ0v) is 11.3. The normalized spacial score (nSPS) is 10.1. The SMILES string of the molecule is NC(=O)CN(Cc1ccccc1N)C(=O)c1ccnnc1. The van der Waals surface area contributed by atoms with Gasteiger partial charge in [-0.1, -0.05) is 18.2 Å². The van der Waals surface area contributed by atoms with E-state index in [-0.39, 0.29) is 19.0 Å². The summed E-state index contributed by atoms with van der Waals surface area (Å²) in [5.41, 5.74) is 12.7. The van der Waals surface area contributed by atoms with Crippen LogP contribution in [-0.4, -0.2) is 33.5 Å². The van der Waals surface area contributed by atoms with Gasteiger partial charge in [-0.25, -0.2) is 0 Å². The Bertz CT molecular complexity index is 645. The molecule has 7 nitrogen and oxygen atoms in total. The van der Waals surface area contributed by atoms with E-state index in [9.17, 15) is 9.59 Å². The fourth-order valence-corrected chi connectivity index (χ4v) is 1.87. The number of nitrogen functional groups attached to an aromatic ring is 1. The summed E-state index contributed by atoms with van der Waals surface area (Å²) in [5.74, 6) is -0.952. The zero-order chi connectivity index (χ0) is 15.2. The van der Waals surface area contributed by atoms with Gasteiger partial charge < -0.3 is 16.4 Å². The number of amides is 2. The van der Waals surface area contributed by atoms with Crippen LogP contribution in [0.5, 0.6) is 0 Å². The first kappa shape index (κ1) is 14.4. The van der Waals surface area contributed by atoms with Crippen LogP contribution in [0.4, 0.5) is 5.69 Å². The van der Waals surface area contributed by atoms with E-state index in [0.717, 1.165) is 5.56 Å². The van der Waals surface area contributed by atoms with Crippen molar-refractivity contribution < 1.29 is 9.59 Å². The van der Waals surface area contributed by atoms with Crippen LogP contribution in [0.15, 0.2) is 42.7 Å². The molecule has 0 radical (unpaired) electrons. The van der Waals surface area contributed by atoms with Crippen molar-refractivity contribution in [1.82, 2.24) is 15.1 Å². The fourth-order valence-electron chi connectivity index (χ4n) is 1.87. The molecule has 0 atom stereocenters. The molecule has 108 valence electrons. The van der Waals surface area contributed by atoms with Crippen LogP contribution in [0.25, 0.3) is 0 Å². The molecule has 2 aromatic rings. The Morgan fingerprint density at radius 3 is 2.52 bits per heavy atom. The molecule has 0 bridgehead atoms. The van der Waals surface area contributed by atoms with E-state index < -0.39 is 5.91 Å². The van der Waals surface area contributed by atoms with Gasteiger partial charge in [-0.05, 0) is 17.7 Å². The van der Waals surface area contributed by atoms with Crippen LogP contribution in [0, 0.1) is 0 Å². The molecule has 2 rings (SSSR count). The minimum atomic E-state index is -0.597. The smallest absolute Gasteiger partial charge is 0.256 e. The maximum Gasteiger partial charge on any atom is 0.256 e. The molecule has 0 aliphatic carbocycles. The van der Waals surface area contributed by atoms with Gasteiger partial charge in [0.2, 0.25) is 5.91 Å². The number of aromatic nitrogens is 2. The van der Waals surface area contributed by atoms with Crippen molar-refractivity contribution in [2.75, 3.05) is 12.3 Å². The highest BCUT2D eigenvalue weighted by Crippen LogP contribution is 2.15. The van der Waals surface area contributed by atoms with Crippen molar-refractivity contribution in [2.24, 2.45) is 5.73 Å². The predicted molar refractivity (Wildman–Crippen MR) is 76.8 cm³/mol. The summed E-state index contributed by atoms with van der Waals surface area (Å²) in [6.07, 6.45) is 2.75. The van der Waals surface area contributed by atoms with Crippen molar-refractivity contribution in [2.45, 2.75) is 6.54 Å². The number of carbonyl (C=O) groups excluding carboxylic acids is 2. The van der Waals surface area contributed by atoms with E-state index in [4.69, 9.17) is 11.5 Å². The lowest BCUT2D eigenvalue weighted by atomic mass is 10.1. The maximum atomic E-state index is 12.4. The predicted octanol–water partition coefficient (Wildman–Crippen LogP) is 0.186. The number of nitrogens with zero attached hydrogens (tertiary/aromatic N) is 3. The fraction of sp³-hybridized carbons (Fsp3) is 0.143. The van der Waals surface area contributed by atoms with Gasteiger partial charge in [-0.15, -0.1) is 0 Å². The highest BCUT2D eigenvalue weighted by molar-refractivity contribution is 5.96. The second kappa shape index (κ2) is 6.47. The Hall–Kier alpha value is -2.96. The van der Waals surface area contributed by atoms with Gasteiger partial charge in [0.25, 0.3) is 5.91 Å². The van der Waals surface area contributed by atoms with Gasteiger partial charge in [0.05, 0.1) is 24.5 Å². The molecule has 0 saturated heterocycles. The summed E-state index contributed by atoms with van der Waals surface area (Å²) in [7, 11) is 0. The second-order valence-electron chi connectivity index (χ2n) is 4.46. The van der Waals surface area contributed by atoms with E-state index in [1.54, 1.807) is 18.2 Å². The third kappa shape index (κ3) is 3.75. The molecule has 0 aliphatic rings. The lowest BCUT2D eigenvalue weighted by Gasteiger charge is -2.22. The summed E-state index contributed by atoms with van der Waals surface area (Å²) in [6.45, 7) is -0.00768. The van der Waals surface area contributed by atoms with E-state index in [1.807, 2.05) is 6.07 Å². The average molecular weight is 285 g/mol. The van der Waals surface area contributed by atoms with Crippen molar-refractivity contribution >= 4 is 17.5 Å². The molecule has 21 heavy (non-hydrogen) atoms. The van der Waals surface area contributed by atoms with Crippen molar-refractivity contribution in [1.29, 1.82) is 0 Å². The summed E-state index contributed by atoms with van der Waals surface area (Å²) in [6, 6.07) is 8.66. The molecule has 2 amide bonds. The van der Waals surface area contributed by atoms with Crippen LogP contribution < -0.4 is 11.5 Å². The molecule has 0 spiro atoms. The minimum Gasteiger partial charge on any atom is -0.398 e. The Balaban J connectivity index is 2.25. The van der Waals surface area contributed by atoms with Gasteiger partial charge in [0, 0.05) is 12.2 Å². The Morgan fingerprint density at radius 1 is 1.14 bits per heavy atom. The molecular weight excluding hydrogens is 270 g/mol. The summed E-state index contributed by atoms with van der Waals surface area (Å²) < 4.78 is 0. The van der Waals surface area contributed by atoms with Gasteiger partial charge in [0.15, 0.2) is 0 Å². The molecule has 1 heterocycles. The molecule has 7 heteroatoms. The molecule has 0 aliphatic heterocycles. The number of nitrogens with two attached hydrogens (primary N) is 2. The van der Waals surface area contributed by atoms with Crippen molar-refractivity contribution in [3.63, 3.8) is 0 Å². The topological polar surface area (TPSA) is 115 Å². The zero-order valence-electron chi connectivity index (χ0n) is 11.3. The van der Waals surface area contributed by atoms with Crippen molar-refractivity contribution in [3.05, 3.63) is 53.9 Å². The Kier molecular flexibility index (Phi) is 4.45. The summed E-state index contributed by atoms with van der Waals surface area (Å²) >= 11 is 0. The van der Waals surface area contributed by atoms with E-state index >= 15 is 0 Å². The number of hydrogen-bond acceptors (Lipinski definition) is 5. The van der Waals surface area contributed by atoms with Crippen LogP contribution in [0.2, 0.25) is 0 Å². The first-order valence-corrected chi connectivity index (χ1v) is 6.25. The monoisotopic (exact) mass is 285 g/mol. The van der Waals surface area contributed by atoms with Crippen LogP contribution in [-0.2, 0) is 11.3 Å². The van der Waals surface area contributed by atoms with E-state index in [2.05, 4.69) is 10.2 Å². The van der Waals surface area contributed by atoms with Gasteiger partial charge >= 0.3 is 0 Å². The van der Waals surface area contributed by atoms with Crippen LogP contribution in [0.1, 0.15) is 15.9 Å². The number of benzene rings is 1. The lowest BCUT2D eigenvalue weighted by molar-refractivity contribution is -0.118. The number of rotatable bonds is 5. The third-order valence-corrected chi connectivity index (χ3v) is 2.88. The maximum absolute atomic E-state index is 12.4. The van der Waals surface area contributed by atoms with Crippen LogP contribution >= 0.6 is 0 Å². The van der Waals surface area contributed by atoms with E-state index in [0.29, 0.717) is 11.3 Å². The average Bonchev–Trinajstić information content (AvgIpc) is 2.48. The largest absolute Gasteiger partial charge is 0.398 e. The summed E-state index contributed by atoms with van der Waals surface area (Å²) in [5, 5.41) is 7.27. The van der Waals surface area contributed by atoms with Gasteiger partial charge in [-0.2, -0.15) is 10.2 Å². The standard InChI is InChI=1S/C14H15N5O2/c15-12-4-2-1-3-11(12)8-19(9-13(16)20)14(21)10-5-6-17-18-7-10/h1-7H,8-9,15H2,(H2,16,20). The quantitative estimate of drug-likeness (QED) is 0.761. The molecule has 0 fully saturated rings. The molecule has 1 aromatic heterocycles. The Labute approximate surface area is 121 Å². The second-order valence-corrected chi connectivity index (χ2v) is 4.46. The van der Waals surface area contributed by atoms with Gasteiger partial charge in [0.1, 0.15) is 0 Å². The first-order valence-electron chi connectivity index (χ1n) is 6.25. The third-order valence-electron chi connectivity index (χ3n) is 2.88. The van der Waals surface area contributed by atoms with Gasteiger partial charge in [-0.3, -0.25) is 9.59 Å². The molecule has 1 aromatic carbocycles. The number of carbonyl (C=O) groups is 2. The number of hydrogen-bond donors (Lipinski definition) is 2. The molecule has 0 unspecified atom stereocenters. The number of para-hydroxylation sites is 1. The summed E-state index contributed by atoms with van der Waals surface area (Å²) in [4.78, 5) is 24.9. The van der Waals surface area contributed by atoms with Crippen LogP contribution in [0.3, 0.4) is 0 Å². The first-order chi connectivity index (χ1) is 10.1. The van der Waals surface area contributed by atoms with Crippen molar-refractivity contribution in [3.8, 4) is 0 Å².